The molecule has 0 aromatic rings. The maximum atomic E-state index is 12.5. The average molecular weight is 574 g/mol. The zero-order valence-electron chi connectivity index (χ0n) is 27.7. The lowest BCUT2D eigenvalue weighted by Gasteiger charge is -2.61. The summed E-state index contributed by atoms with van der Waals surface area (Å²) in [6, 6.07) is 0. The van der Waals surface area contributed by atoms with Crippen molar-refractivity contribution >= 4 is 12.1 Å². The Hall–Kier alpha value is -1.26. The monoisotopic (exact) mass is 573 g/mol. The van der Waals surface area contributed by atoms with Crippen LogP contribution >= 0.6 is 0 Å². The van der Waals surface area contributed by atoms with E-state index in [1.807, 2.05) is 20.8 Å². The van der Waals surface area contributed by atoms with Crippen molar-refractivity contribution in [3.05, 3.63) is 0 Å². The number of carbonyl (C=O) groups excluding carboxylic acids is 2. The van der Waals surface area contributed by atoms with E-state index in [1.54, 1.807) is 0 Å². The van der Waals surface area contributed by atoms with E-state index in [2.05, 4.69) is 33.0 Å². The molecule has 4 rings (SSSR count). The topological polar surface area (TPSA) is 64.6 Å². The molecule has 4 fully saturated rings. The number of hydrogen-bond acceptors (Lipinski definition) is 4. The van der Waals surface area contributed by atoms with Crippen LogP contribution in [0.15, 0.2) is 0 Å². The Morgan fingerprint density at radius 1 is 0.927 bits per heavy atom. The first kappa shape index (κ1) is 32.6. The van der Waals surface area contributed by atoms with Crippen molar-refractivity contribution in [2.24, 2.45) is 51.8 Å². The molecule has 0 spiro atoms. The molecular formula is C36H63NO4. The number of esters is 1. The Morgan fingerprint density at radius 3 is 2.39 bits per heavy atom. The highest BCUT2D eigenvalue weighted by molar-refractivity contribution is 5.75. The Bertz CT molecular complexity index is 887. The van der Waals surface area contributed by atoms with Gasteiger partial charge in [0, 0.05) is 0 Å². The first-order chi connectivity index (χ1) is 19.5. The second kappa shape index (κ2) is 13.6. The van der Waals surface area contributed by atoms with Crippen LogP contribution in [0.3, 0.4) is 0 Å². The van der Waals surface area contributed by atoms with E-state index in [0.717, 1.165) is 48.9 Å². The van der Waals surface area contributed by atoms with E-state index in [9.17, 15) is 9.59 Å². The van der Waals surface area contributed by atoms with Crippen molar-refractivity contribution in [2.75, 3.05) is 13.2 Å². The van der Waals surface area contributed by atoms with E-state index in [-0.39, 0.29) is 24.8 Å². The molecule has 0 aliphatic heterocycles. The van der Waals surface area contributed by atoms with Crippen molar-refractivity contribution in [3.8, 4) is 0 Å². The predicted octanol–water partition coefficient (Wildman–Crippen LogP) is 9.33. The fraction of sp³-hybridized carbons (Fsp3) is 0.944. The lowest BCUT2D eigenvalue weighted by atomic mass is 9.44. The number of amides is 1. The molecule has 0 heterocycles. The summed E-state index contributed by atoms with van der Waals surface area (Å²) < 4.78 is 11.2. The second-order valence-corrected chi connectivity index (χ2v) is 15.8. The van der Waals surface area contributed by atoms with Crippen LogP contribution in [0.1, 0.15) is 145 Å². The number of fused-ring (bicyclic) bond motifs is 5. The van der Waals surface area contributed by atoms with Gasteiger partial charge in [-0.1, -0.05) is 66.7 Å². The van der Waals surface area contributed by atoms with Gasteiger partial charge < -0.3 is 14.8 Å². The molecule has 1 amide bonds. The molecule has 236 valence electrons. The minimum Gasteiger partial charge on any atom is -0.463 e. The van der Waals surface area contributed by atoms with Crippen LogP contribution in [0.25, 0.3) is 0 Å². The van der Waals surface area contributed by atoms with Crippen molar-refractivity contribution < 1.29 is 19.1 Å². The quantitative estimate of drug-likeness (QED) is 0.187. The molecule has 41 heavy (non-hydrogen) atoms. The van der Waals surface area contributed by atoms with Crippen LogP contribution in [0, 0.1) is 51.8 Å². The van der Waals surface area contributed by atoms with E-state index < -0.39 is 5.41 Å². The van der Waals surface area contributed by atoms with Crippen molar-refractivity contribution in [1.29, 1.82) is 0 Å². The van der Waals surface area contributed by atoms with Gasteiger partial charge in [-0.2, -0.15) is 0 Å². The van der Waals surface area contributed by atoms with Crippen molar-refractivity contribution in [1.82, 2.24) is 5.32 Å². The van der Waals surface area contributed by atoms with Crippen LogP contribution in [-0.4, -0.2) is 31.3 Å². The zero-order valence-corrected chi connectivity index (χ0v) is 27.7. The zero-order chi connectivity index (χ0) is 29.8. The average Bonchev–Trinajstić information content (AvgIpc) is 3.30. The molecule has 5 nitrogen and oxygen atoms in total. The van der Waals surface area contributed by atoms with Crippen LogP contribution in [0.4, 0.5) is 4.79 Å². The number of nitrogens with one attached hydrogen (secondary N) is 1. The second-order valence-electron chi connectivity index (χ2n) is 15.8. The third-order valence-electron chi connectivity index (χ3n) is 13.2. The summed E-state index contributed by atoms with van der Waals surface area (Å²) in [6.45, 7) is 16.4. The molecule has 0 aromatic heterocycles. The molecule has 0 saturated heterocycles. The SMILES string of the molecule is CCCCCCC(C)C1CCC2C3CCC4CC(OC(=O)NCCOC(=O)C(C)(C)CC)CCC4(C)C3CCC12C. The molecule has 9 unspecified atom stereocenters. The summed E-state index contributed by atoms with van der Waals surface area (Å²) >= 11 is 0. The van der Waals surface area contributed by atoms with Gasteiger partial charge in [0.25, 0.3) is 0 Å². The van der Waals surface area contributed by atoms with Gasteiger partial charge in [-0.25, -0.2) is 4.79 Å². The summed E-state index contributed by atoms with van der Waals surface area (Å²) in [6.07, 6.45) is 18.9. The van der Waals surface area contributed by atoms with Crippen LogP contribution in [0.5, 0.6) is 0 Å². The van der Waals surface area contributed by atoms with Gasteiger partial charge in [0.05, 0.1) is 12.0 Å². The van der Waals surface area contributed by atoms with Gasteiger partial charge in [-0.05, 0) is 124 Å². The third kappa shape index (κ3) is 6.95. The number of ether oxygens (including phenoxy) is 2. The molecule has 0 aromatic carbocycles. The van der Waals surface area contributed by atoms with Crippen LogP contribution in [-0.2, 0) is 14.3 Å². The Balaban J connectivity index is 1.26. The van der Waals surface area contributed by atoms with Gasteiger partial charge in [-0.15, -0.1) is 0 Å². The largest absolute Gasteiger partial charge is 0.463 e. The number of alkyl carbamates (subject to hydrolysis) is 1. The molecule has 0 radical (unpaired) electrons. The fourth-order valence-electron chi connectivity index (χ4n) is 10.2. The molecule has 4 saturated carbocycles. The van der Waals surface area contributed by atoms with Gasteiger partial charge in [0.15, 0.2) is 0 Å². The maximum Gasteiger partial charge on any atom is 0.407 e. The predicted molar refractivity (Wildman–Crippen MR) is 166 cm³/mol. The summed E-state index contributed by atoms with van der Waals surface area (Å²) in [5, 5.41) is 2.80. The van der Waals surface area contributed by atoms with E-state index >= 15 is 0 Å². The Morgan fingerprint density at radius 2 is 1.66 bits per heavy atom. The summed E-state index contributed by atoms with van der Waals surface area (Å²) in [5.74, 6) is 4.89. The number of hydrogen-bond donors (Lipinski definition) is 1. The van der Waals surface area contributed by atoms with Crippen LogP contribution < -0.4 is 5.32 Å². The first-order valence-electron chi connectivity index (χ1n) is 17.6. The molecular weight excluding hydrogens is 510 g/mol. The van der Waals surface area contributed by atoms with E-state index in [0.29, 0.717) is 23.3 Å². The highest BCUT2D eigenvalue weighted by atomic mass is 16.6. The standard InChI is InChI=1S/C36H63NO4/c1-8-10-11-12-13-25(3)29-16-17-30-28-15-14-26-24-27(18-20-35(26,6)31(28)19-21-36(29,30)7)41-33(39)37-22-23-40-32(38)34(4,5)9-2/h25-31H,8-24H2,1-7H3,(H,37,39). The lowest BCUT2D eigenvalue weighted by molar-refractivity contribution is -0.153. The maximum absolute atomic E-state index is 12.5. The number of rotatable bonds is 12. The van der Waals surface area contributed by atoms with E-state index in [1.165, 1.54) is 77.0 Å². The highest BCUT2D eigenvalue weighted by Gasteiger charge is 2.60. The Kier molecular flexibility index (Phi) is 10.8. The number of unbranched alkanes of at least 4 members (excludes halogenated alkanes) is 3. The molecule has 5 heteroatoms. The van der Waals surface area contributed by atoms with Crippen molar-refractivity contribution in [3.63, 3.8) is 0 Å². The van der Waals surface area contributed by atoms with E-state index in [4.69, 9.17) is 9.47 Å². The molecule has 4 aliphatic carbocycles. The van der Waals surface area contributed by atoms with Gasteiger partial charge in [0.2, 0.25) is 0 Å². The highest BCUT2D eigenvalue weighted by Crippen LogP contribution is 2.68. The van der Waals surface area contributed by atoms with Gasteiger partial charge >= 0.3 is 12.1 Å². The van der Waals surface area contributed by atoms with Gasteiger partial charge in [-0.3, -0.25) is 4.79 Å². The van der Waals surface area contributed by atoms with Crippen molar-refractivity contribution in [2.45, 2.75) is 151 Å². The first-order valence-corrected chi connectivity index (χ1v) is 17.6. The van der Waals surface area contributed by atoms with Gasteiger partial charge in [0.1, 0.15) is 12.7 Å². The minimum atomic E-state index is -0.489. The Labute approximate surface area is 252 Å². The molecule has 9 atom stereocenters. The molecule has 1 N–H and O–H groups in total. The smallest absolute Gasteiger partial charge is 0.407 e. The van der Waals surface area contributed by atoms with Crippen LogP contribution in [0.2, 0.25) is 0 Å². The number of carbonyl (C=O) groups is 2. The minimum absolute atomic E-state index is 0.00414. The summed E-state index contributed by atoms with van der Waals surface area (Å²) in [7, 11) is 0. The lowest BCUT2D eigenvalue weighted by Crippen LogP contribution is -2.54. The third-order valence-corrected chi connectivity index (χ3v) is 13.2. The molecule has 0 bridgehead atoms. The fourth-order valence-corrected chi connectivity index (χ4v) is 10.2. The molecule has 4 aliphatic rings. The summed E-state index contributed by atoms with van der Waals surface area (Å²) in [5.41, 5.74) is 0.454. The normalized spacial score (nSPS) is 37.3. The summed E-state index contributed by atoms with van der Waals surface area (Å²) in [4.78, 5) is 24.7.